The van der Waals surface area contributed by atoms with Gasteiger partial charge in [-0.1, -0.05) is 0 Å². The molecule has 0 amide bonds. The summed E-state index contributed by atoms with van der Waals surface area (Å²) in [6, 6.07) is 4.04. The Morgan fingerprint density at radius 1 is 1.50 bits per heavy atom. The van der Waals surface area contributed by atoms with Crippen LogP contribution in [-0.2, 0) is 0 Å². The Morgan fingerprint density at radius 3 is 2.94 bits per heavy atom. The molecule has 1 aromatic heterocycles. The van der Waals surface area contributed by atoms with Crippen LogP contribution in [0, 0.1) is 11.3 Å². The van der Waals surface area contributed by atoms with Crippen LogP contribution in [0.5, 0.6) is 0 Å². The second-order valence-corrected chi connectivity index (χ2v) is 4.10. The maximum absolute atomic E-state index is 8.73. The third-order valence-corrected chi connectivity index (χ3v) is 2.82. The van der Waals surface area contributed by atoms with E-state index in [9.17, 15) is 0 Å². The zero-order chi connectivity index (χ0) is 11.4. The molecule has 84 valence electrons. The molecule has 0 radical (unpaired) electrons. The van der Waals surface area contributed by atoms with E-state index in [2.05, 4.69) is 27.2 Å². The van der Waals surface area contributed by atoms with Crippen molar-refractivity contribution < 1.29 is 0 Å². The van der Waals surface area contributed by atoms with E-state index in [1.807, 2.05) is 6.07 Å². The Morgan fingerprint density at radius 2 is 2.25 bits per heavy atom. The smallest absolute Gasteiger partial charge is 0.224 e. The van der Waals surface area contributed by atoms with Crippen LogP contribution in [0.25, 0.3) is 0 Å². The average molecular weight is 217 g/mol. The van der Waals surface area contributed by atoms with Crippen LogP contribution in [0.15, 0.2) is 12.3 Å². The molecule has 0 saturated carbocycles. The number of likely N-dealkylation sites (tertiary alicyclic amines) is 1. The highest BCUT2D eigenvalue weighted by molar-refractivity contribution is 5.31. The molecule has 0 aromatic carbocycles. The maximum Gasteiger partial charge on any atom is 0.224 e. The van der Waals surface area contributed by atoms with Gasteiger partial charge in [0.15, 0.2) is 0 Å². The van der Waals surface area contributed by atoms with E-state index in [1.54, 1.807) is 12.3 Å². The van der Waals surface area contributed by atoms with Crippen LogP contribution in [0.1, 0.15) is 18.5 Å². The molecule has 1 aliphatic rings. The molecular formula is C11H15N5. The monoisotopic (exact) mass is 217 g/mol. The fourth-order valence-corrected chi connectivity index (χ4v) is 1.83. The van der Waals surface area contributed by atoms with Gasteiger partial charge < -0.3 is 10.2 Å². The summed E-state index contributed by atoms with van der Waals surface area (Å²) in [5.74, 6) is 0.564. The number of aromatic nitrogens is 2. The molecule has 0 unspecified atom stereocenters. The van der Waals surface area contributed by atoms with Crippen molar-refractivity contribution in [2.45, 2.75) is 18.9 Å². The lowest BCUT2D eigenvalue weighted by Gasteiger charge is -2.29. The number of rotatable bonds is 2. The first-order valence-corrected chi connectivity index (χ1v) is 5.46. The van der Waals surface area contributed by atoms with Gasteiger partial charge in [0.2, 0.25) is 5.95 Å². The van der Waals surface area contributed by atoms with E-state index >= 15 is 0 Å². The van der Waals surface area contributed by atoms with Gasteiger partial charge in [0.1, 0.15) is 11.8 Å². The first kappa shape index (κ1) is 10.8. The largest absolute Gasteiger partial charge is 0.351 e. The molecule has 0 aliphatic carbocycles. The maximum atomic E-state index is 8.73. The summed E-state index contributed by atoms with van der Waals surface area (Å²) in [5, 5.41) is 12.0. The quantitative estimate of drug-likeness (QED) is 0.795. The Balaban J connectivity index is 1.96. The van der Waals surface area contributed by atoms with Gasteiger partial charge in [-0.15, -0.1) is 0 Å². The normalized spacial score (nSPS) is 18.0. The van der Waals surface area contributed by atoms with Gasteiger partial charge in [0.25, 0.3) is 0 Å². The zero-order valence-corrected chi connectivity index (χ0v) is 9.35. The van der Waals surface area contributed by atoms with Crippen molar-refractivity contribution >= 4 is 5.95 Å². The van der Waals surface area contributed by atoms with Crippen molar-refractivity contribution in [3.05, 3.63) is 18.0 Å². The van der Waals surface area contributed by atoms with Crippen molar-refractivity contribution in [3.63, 3.8) is 0 Å². The summed E-state index contributed by atoms with van der Waals surface area (Å²) in [6.45, 7) is 2.19. The number of hydrogen-bond donors (Lipinski definition) is 1. The molecule has 2 rings (SSSR count). The third kappa shape index (κ3) is 2.67. The molecule has 5 heteroatoms. The van der Waals surface area contributed by atoms with Gasteiger partial charge in [-0.25, -0.2) is 9.97 Å². The van der Waals surface area contributed by atoms with Gasteiger partial charge in [-0.2, -0.15) is 5.26 Å². The minimum Gasteiger partial charge on any atom is -0.351 e. The number of piperidine rings is 1. The first-order valence-electron chi connectivity index (χ1n) is 5.46. The van der Waals surface area contributed by atoms with E-state index < -0.39 is 0 Å². The van der Waals surface area contributed by atoms with Crippen LogP contribution in [0.4, 0.5) is 5.95 Å². The number of anilines is 1. The Labute approximate surface area is 95.1 Å². The van der Waals surface area contributed by atoms with E-state index in [4.69, 9.17) is 5.26 Å². The van der Waals surface area contributed by atoms with Gasteiger partial charge >= 0.3 is 0 Å². The molecule has 1 fully saturated rings. The minimum absolute atomic E-state index is 0.408. The number of hydrogen-bond acceptors (Lipinski definition) is 5. The fraction of sp³-hybridized carbons (Fsp3) is 0.545. The Kier molecular flexibility index (Phi) is 3.32. The number of nitriles is 1. The molecule has 1 N–H and O–H groups in total. The standard InChI is InChI=1S/C11H15N5/c1-16-6-3-9(4-7-16)14-11-13-5-2-10(8-12)15-11/h2,5,9H,3-4,6-7H2,1H3,(H,13,14,15). The van der Waals surface area contributed by atoms with E-state index in [0.717, 1.165) is 25.9 Å². The molecule has 0 bridgehead atoms. The second kappa shape index (κ2) is 4.90. The molecule has 16 heavy (non-hydrogen) atoms. The third-order valence-electron chi connectivity index (χ3n) is 2.82. The average Bonchev–Trinajstić information content (AvgIpc) is 2.32. The van der Waals surface area contributed by atoms with Crippen molar-refractivity contribution in [2.24, 2.45) is 0 Å². The van der Waals surface area contributed by atoms with Gasteiger partial charge in [-0.05, 0) is 39.0 Å². The highest BCUT2D eigenvalue weighted by Gasteiger charge is 2.16. The van der Waals surface area contributed by atoms with Gasteiger partial charge in [0.05, 0.1) is 0 Å². The van der Waals surface area contributed by atoms with E-state index in [-0.39, 0.29) is 0 Å². The fourth-order valence-electron chi connectivity index (χ4n) is 1.83. The summed E-state index contributed by atoms with van der Waals surface area (Å²) in [7, 11) is 2.13. The van der Waals surface area contributed by atoms with Crippen LogP contribution < -0.4 is 5.32 Å². The lowest BCUT2D eigenvalue weighted by molar-refractivity contribution is 0.263. The number of nitrogens with one attached hydrogen (secondary N) is 1. The highest BCUT2D eigenvalue weighted by Crippen LogP contribution is 2.12. The Hall–Kier alpha value is -1.67. The van der Waals surface area contributed by atoms with E-state index in [1.165, 1.54) is 0 Å². The summed E-state index contributed by atoms with van der Waals surface area (Å²) in [4.78, 5) is 10.5. The highest BCUT2D eigenvalue weighted by atomic mass is 15.2. The van der Waals surface area contributed by atoms with Crippen LogP contribution in [-0.4, -0.2) is 41.0 Å². The predicted octanol–water partition coefficient (Wildman–Crippen LogP) is 0.854. The van der Waals surface area contributed by atoms with Crippen LogP contribution in [0.2, 0.25) is 0 Å². The SMILES string of the molecule is CN1CCC(Nc2nccc(C#N)n2)CC1. The lowest BCUT2D eigenvalue weighted by atomic mass is 10.1. The van der Waals surface area contributed by atoms with Gasteiger partial charge in [0, 0.05) is 12.2 Å². The first-order chi connectivity index (χ1) is 7.78. The summed E-state index contributed by atoms with van der Waals surface area (Å²) < 4.78 is 0. The predicted molar refractivity (Wildman–Crippen MR) is 60.9 cm³/mol. The number of nitrogens with zero attached hydrogens (tertiary/aromatic N) is 4. The second-order valence-electron chi connectivity index (χ2n) is 4.10. The topological polar surface area (TPSA) is 64.8 Å². The summed E-state index contributed by atoms with van der Waals surface area (Å²) in [5.41, 5.74) is 0.408. The van der Waals surface area contributed by atoms with Crippen molar-refractivity contribution in [1.82, 2.24) is 14.9 Å². The minimum atomic E-state index is 0.408. The lowest BCUT2D eigenvalue weighted by Crippen LogP contribution is -2.37. The molecule has 1 saturated heterocycles. The van der Waals surface area contributed by atoms with E-state index in [0.29, 0.717) is 17.7 Å². The van der Waals surface area contributed by atoms with Crippen molar-refractivity contribution in [3.8, 4) is 6.07 Å². The van der Waals surface area contributed by atoms with Crippen molar-refractivity contribution in [2.75, 3.05) is 25.5 Å². The Bertz CT molecular complexity index is 390. The van der Waals surface area contributed by atoms with Crippen molar-refractivity contribution in [1.29, 1.82) is 5.26 Å². The molecule has 0 spiro atoms. The summed E-state index contributed by atoms with van der Waals surface area (Å²) in [6.07, 6.45) is 3.80. The molecule has 1 aliphatic heterocycles. The molecule has 1 aromatic rings. The summed E-state index contributed by atoms with van der Waals surface area (Å²) >= 11 is 0. The molecule has 2 heterocycles. The van der Waals surface area contributed by atoms with Gasteiger partial charge in [-0.3, -0.25) is 0 Å². The van der Waals surface area contributed by atoms with Crippen LogP contribution in [0.3, 0.4) is 0 Å². The van der Waals surface area contributed by atoms with Crippen LogP contribution >= 0.6 is 0 Å². The molecular weight excluding hydrogens is 202 g/mol. The molecule has 0 atom stereocenters. The zero-order valence-electron chi connectivity index (χ0n) is 9.35. The molecule has 5 nitrogen and oxygen atoms in total.